The van der Waals surface area contributed by atoms with E-state index in [1.165, 1.54) is 0 Å². The molecule has 0 radical (unpaired) electrons. The fraction of sp³-hybridized carbons (Fsp3) is 0.917. The Balaban J connectivity index is 3.45. The van der Waals surface area contributed by atoms with Gasteiger partial charge in [-0.15, -0.1) is 0 Å². The molecule has 0 heterocycles. The summed E-state index contributed by atoms with van der Waals surface area (Å²) < 4.78 is 0. The van der Waals surface area contributed by atoms with Crippen LogP contribution < -0.4 is 10.6 Å². The van der Waals surface area contributed by atoms with Crippen LogP contribution in [-0.2, 0) is 4.79 Å². The number of aliphatic hydroxyl groups is 1. The maximum absolute atomic E-state index is 11.4. The van der Waals surface area contributed by atoms with Crippen molar-refractivity contribution < 1.29 is 9.90 Å². The quantitative estimate of drug-likeness (QED) is 0.543. The van der Waals surface area contributed by atoms with Gasteiger partial charge in [0.05, 0.1) is 6.10 Å². The van der Waals surface area contributed by atoms with Gasteiger partial charge in [-0.05, 0) is 18.9 Å². The Morgan fingerprint density at radius 1 is 1.25 bits per heavy atom. The van der Waals surface area contributed by atoms with E-state index in [0.29, 0.717) is 19.0 Å². The summed E-state index contributed by atoms with van der Waals surface area (Å²) >= 11 is 0. The SMILES string of the molecule is CC(C)NCCCC(=O)NCC(O)C(C)C. The standard InChI is InChI=1S/C12H26N2O2/c1-9(2)11(15)8-14-12(16)6-5-7-13-10(3)4/h9-11,13,15H,5-8H2,1-4H3,(H,14,16). The molecule has 0 saturated carbocycles. The Labute approximate surface area is 98.8 Å². The van der Waals surface area contributed by atoms with Crippen molar-refractivity contribution >= 4 is 5.91 Å². The van der Waals surface area contributed by atoms with Gasteiger partial charge in [-0.1, -0.05) is 27.7 Å². The van der Waals surface area contributed by atoms with E-state index in [2.05, 4.69) is 24.5 Å². The fourth-order valence-corrected chi connectivity index (χ4v) is 1.18. The third-order valence-electron chi connectivity index (χ3n) is 2.41. The molecule has 1 unspecified atom stereocenters. The van der Waals surface area contributed by atoms with Crippen molar-refractivity contribution in [3.05, 3.63) is 0 Å². The van der Waals surface area contributed by atoms with Crippen molar-refractivity contribution in [3.63, 3.8) is 0 Å². The average Bonchev–Trinajstić information content (AvgIpc) is 2.20. The van der Waals surface area contributed by atoms with Crippen LogP contribution in [0.15, 0.2) is 0 Å². The van der Waals surface area contributed by atoms with E-state index in [1.54, 1.807) is 0 Å². The second-order valence-corrected chi connectivity index (χ2v) is 4.83. The fourth-order valence-electron chi connectivity index (χ4n) is 1.18. The first-order chi connectivity index (χ1) is 7.43. The summed E-state index contributed by atoms with van der Waals surface area (Å²) in [5.74, 6) is 0.202. The number of amides is 1. The molecule has 0 aromatic rings. The zero-order chi connectivity index (χ0) is 12.6. The minimum Gasteiger partial charge on any atom is -0.391 e. The molecule has 1 atom stereocenters. The largest absolute Gasteiger partial charge is 0.391 e. The summed E-state index contributed by atoms with van der Waals surface area (Å²) in [7, 11) is 0. The Morgan fingerprint density at radius 2 is 1.88 bits per heavy atom. The van der Waals surface area contributed by atoms with Crippen LogP contribution in [0.4, 0.5) is 0 Å². The lowest BCUT2D eigenvalue weighted by Crippen LogP contribution is -2.35. The maximum atomic E-state index is 11.4. The van der Waals surface area contributed by atoms with Gasteiger partial charge in [0.25, 0.3) is 0 Å². The van der Waals surface area contributed by atoms with Crippen molar-refractivity contribution in [2.45, 2.75) is 52.7 Å². The van der Waals surface area contributed by atoms with E-state index in [4.69, 9.17) is 0 Å². The lowest BCUT2D eigenvalue weighted by atomic mass is 10.1. The van der Waals surface area contributed by atoms with Gasteiger partial charge in [0, 0.05) is 19.0 Å². The molecule has 16 heavy (non-hydrogen) atoms. The summed E-state index contributed by atoms with van der Waals surface area (Å²) in [6, 6.07) is 0.464. The molecule has 0 aliphatic carbocycles. The van der Waals surface area contributed by atoms with Crippen LogP contribution in [0.2, 0.25) is 0 Å². The molecular weight excluding hydrogens is 204 g/mol. The molecule has 0 saturated heterocycles. The first kappa shape index (κ1) is 15.4. The zero-order valence-electron chi connectivity index (χ0n) is 10.9. The molecule has 0 bridgehead atoms. The van der Waals surface area contributed by atoms with Gasteiger partial charge < -0.3 is 15.7 Å². The summed E-state index contributed by atoms with van der Waals surface area (Å²) in [5.41, 5.74) is 0. The Hall–Kier alpha value is -0.610. The summed E-state index contributed by atoms with van der Waals surface area (Å²) in [6.45, 7) is 9.25. The van der Waals surface area contributed by atoms with Gasteiger partial charge in [-0.2, -0.15) is 0 Å². The predicted octanol–water partition coefficient (Wildman–Crippen LogP) is 0.898. The van der Waals surface area contributed by atoms with Gasteiger partial charge in [0.15, 0.2) is 0 Å². The van der Waals surface area contributed by atoms with Crippen LogP contribution in [0.25, 0.3) is 0 Å². The second-order valence-electron chi connectivity index (χ2n) is 4.83. The van der Waals surface area contributed by atoms with Crippen LogP contribution in [0.5, 0.6) is 0 Å². The zero-order valence-corrected chi connectivity index (χ0v) is 10.9. The number of carbonyl (C=O) groups excluding carboxylic acids is 1. The lowest BCUT2D eigenvalue weighted by Gasteiger charge is -2.15. The Morgan fingerprint density at radius 3 is 2.38 bits per heavy atom. The Bertz CT molecular complexity index is 193. The molecule has 1 amide bonds. The van der Waals surface area contributed by atoms with Crippen molar-refractivity contribution in [1.82, 2.24) is 10.6 Å². The first-order valence-corrected chi connectivity index (χ1v) is 6.11. The molecule has 0 aromatic carbocycles. The van der Waals surface area contributed by atoms with E-state index < -0.39 is 6.10 Å². The number of nitrogens with one attached hydrogen (secondary N) is 2. The van der Waals surface area contributed by atoms with Crippen LogP contribution in [0.3, 0.4) is 0 Å². The van der Waals surface area contributed by atoms with Gasteiger partial charge in [0.1, 0.15) is 0 Å². The van der Waals surface area contributed by atoms with Crippen molar-refractivity contribution in [3.8, 4) is 0 Å². The highest BCUT2D eigenvalue weighted by atomic mass is 16.3. The summed E-state index contributed by atoms with van der Waals surface area (Å²) in [4.78, 5) is 11.4. The minimum absolute atomic E-state index is 0.0188. The second kappa shape index (κ2) is 8.53. The van der Waals surface area contributed by atoms with Gasteiger partial charge in [-0.25, -0.2) is 0 Å². The van der Waals surface area contributed by atoms with Crippen LogP contribution >= 0.6 is 0 Å². The number of aliphatic hydroxyl groups excluding tert-OH is 1. The van der Waals surface area contributed by atoms with Crippen LogP contribution in [-0.4, -0.2) is 36.2 Å². The molecule has 0 aliphatic rings. The third-order valence-corrected chi connectivity index (χ3v) is 2.41. The molecule has 4 heteroatoms. The third kappa shape index (κ3) is 8.68. The monoisotopic (exact) mass is 230 g/mol. The highest BCUT2D eigenvalue weighted by molar-refractivity contribution is 5.75. The number of hydrogen-bond acceptors (Lipinski definition) is 3. The minimum atomic E-state index is -0.447. The maximum Gasteiger partial charge on any atom is 0.220 e. The predicted molar refractivity (Wildman–Crippen MR) is 66.2 cm³/mol. The van der Waals surface area contributed by atoms with Gasteiger partial charge in [-0.3, -0.25) is 4.79 Å². The molecule has 4 nitrogen and oxygen atoms in total. The van der Waals surface area contributed by atoms with E-state index >= 15 is 0 Å². The van der Waals surface area contributed by atoms with Gasteiger partial charge in [0.2, 0.25) is 5.91 Å². The highest BCUT2D eigenvalue weighted by Crippen LogP contribution is 1.99. The van der Waals surface area contributed by atoms with Crippen molar-refractivity contribution in [2.75, 3.05) is 13.1 Å². The molecular formula is C12H26N2O2. The molecule has 0 aromatic heterocycles. The molecule has 0 rings (SSSR count). The molecule has 0 spiro atoms. The van der Waals surface area contributed by atoms with E-state index in [0.717, 1.165) is 13.0 Å². The van der Waals surface area contributed by atoms with Crippen LogP contribution in [0.1, 0.15) is 40.5 Å². The number of rotatable bonds is 8. The summed E-state index contributed by atoms with van der Waals surface area (Å²) in [6.07, 6.45) is 0.907. The normalized spacial score (nSPS) is 13.2. The molecule has 0 aliphatic heterocycles. The smallest absolute Gasteiger partial charge is 0.220 e. The topological polar surface area (TPSA) is 61.4 Å². The molecule has 0 fully saturated rings. The molecule has 96 valence electrons. The number of carbonyl (C=O) groups is 1. The highest BCUT2D eigenvalue weighted by Gasteiger charge is 2.10. The lowest BCUT2D eigenvalue weighted by molar-refractivity contribution is -0.121. The van der Waals surface area contributed by atoms with Crippen molar-refractivity contribution in [1.29, 1.82) is 0 Å². The Kier molecular flexibility index (Phi) is 8.21. The summed E-state index contributed by atoms with van der Waals surface area (Å²) in [5, 5.41) is 15.5. The molecule has 3 N–H and O–H groups in total. The average molecular weight is 230 g/mol. The number of hydrogen-bond donors (Lipinski definition) is 3. The van der Waals surface area contributed by atoms with E-state index in [1.807, 2.05) is 13.8 Å². The van der Waals surface area contributed by atoms with E-state index in [9.17, 15) is 9.90 Å². The van der Waals surface area contributed by atoms with Gasteiger partial charge >= 0.3 is 0 Å². The van der Waals surface area contributed by atoms with Crippen LogP contribution in [0, 0.1) is 5.92 Å². The van der Waals surface area contributed by atoms with E-state index in [-0.39, 0.29) is 11.8 Å². The first-order valence-electron chi connectivity index (χ1n) is 6.11. The van der Waals surface area contributed by atoms with Crippen molar-refractivity contribution in [2.24, 2.45) is 5.92 Å².